The highest BCUT2D eigenvalue weighted by Gasteiger charge is 2.23. The van der Waals surface area contributed by atoms with Crippen molar-refractivity contribution in [3.05, 3.63) is 18.5 Å². The van der Waals surface area contributed by atoms with Crippen LogP contribution in [0, 0.1) is 5.41 Å². The predicted octanol–water partition coefficient (Wildman–Crippen LogP) is 2.68. The summed E-state index contributed by atoms with van der Waals surface area (Å²) in [6.07, 6.45) is 7.34. The lowest BCUT2D eigenvalue weighted by Crippen LogP contribution is -2.25. The number of aromatic nitrogens is 1. The van der Waals surface area contributed by atoms with Gasteiger partial charge in [-0.25, -0.2) is 0 Å². The third-order valence-electron chi connectivity index (χ3n) is 3.51. The van der Waals surface area contributed by atoms with E-state index in [-0.39, 0.29) is 0 Å². The highest BCUT2D eigenvalue weighted by atomic mass is 15.1. The molecule has 0 atom stereocenters. The smallest absolute Gasteiger partial charge is 0.0738 e. The average Bonchev–Trinajstić information content (AvgIpc) is 2.40. The van der Waals surface area contributed by atoms with Gasteiger partial charge in [-0.15, -0.1) is 0 Å². The summed E-state index contributed by atoms with van der Waals surface area (Å²) in [6.45, 7) is 6.91. The van der Waals surface area contributed by atoms with Gasteiger partial charge < -0.3 is 10.6 Å². The largest absolute Gasteiger partial charge is 0.396 e. The standard InChI is InChI=1S/C13H21N3/c1-13(2)5-3-8-16(9-6-13)12-4-7-15-10-11(12)14/h4,7,10H,3,5-6,8-9,14H2,1-2H3. The van der Waals surface area contributed by atoms with E-state index in [1.165, 1.54) is 19.3 Å². The van der Waals surface area contributed by atoms with E-state index >= 15 is 0 Å². The number of nitrogens with zero attached hydrogens (tertiary/aromatic N) is 2. The van der Waals surface area contributed by atoms with Crippen molar-refractivity contribution in [2.45, 2.75) is 33.1 Å². The van der Waals surface area contributed by atoms with Gasteiger partial charge in [-0.2, -0.15) is 0 Å². The maximum absolute atomic E-state index is 5.97. The molecule has 0 radical (unpaired) electrons. The van der Waals surface area contributed by atoms with Gasteiger partial charge in [0.05, 0.1) is 17.6 Å². The molecule has 3 heteroatoms. The number of anilines is 2. The monoisotopic (exact) mass is 219 g/mol. The van der Waals surface area contributed by atoms with Gasteiger partial charge in [0.1, 0.15) is 0 Å². The number of hydrogen-bond acceptors (Lipinski definition) is 3. The van der Waals surface area contributed by atoms with E-state index in [9.17, 15) is 0 Å². The predicted molar refractivity (Wildman–Crippen MR) is 68.5 cm³/mol. The van der Waals surface area contributed by atoms with Gasteiger partial charge >= 0.3 is 0 Å². The van der Waals surface area contributed by atoms with E-state index in [2.05, 4.69) is 23.7 Å². The third-order valence-corrected chi connectivity index (χ3v) is 3.51. The Morgan fingerprint density at radius 1 is 1.31 bits per heavy atom. The Morgan fingerprint density at radius 2 is 2.12 bits per heavy atom. The summed E-state index contributed by atoms with van der Waals surface area (Å²) in [5, 5.41) is 0. The summed E-state index contributed by atoms with van der Waals surface area (Å²) in [4.78, 5) is 6.43. The van der Waals surface area contributed by atoms with Crippen LogP contribution >= 0.6 is 0 Å². The van der Waals surface area contributed by atoms with Crippen LogP contribution in [0.3, 0.4) is 0 Å². The lowest BCUT2D eigenvalue weighted by Gasteiger charge is -2.25. The van der Waals surface area contributed by atoms with E-state index in [1.54, 1.807) is 6.20 Å². The van der Waals surface area contributed by atoms with Crippen LogP contribution in [0.15, 0.2) is 18.5 Å². The molecule has 1 aliphatic rings. The summed E-state index contributed by atoms with van der Waals surface area (Å²) >= 11 is 0. The molecule has 0 aromatic carbocycles. The molecule has 1 aromatic rings. The van der Waals surface area contributed by atoms with Crippen molar-refractivity contribution in [2.24, 2.45) is 5.41 Å². The van der Waals surface area contributed by atoms with Crippen LogP contribution in [0.5, 0.6) is 0 Å². The third kappa shape index (κ3) is 2.46. The zero-order chi connectivity index (χ0) is 11.6. The van der Waals surface area contributed by atoms with Crippen LogP contribution < -0.4 is 10.6 Å². The Balaban J connectivity index is 2.14. The number of rotatable bonds is 1. The molecule has 2 heterocycles. The highest BCUT2D eigenvalue weighted by Crippen LogP contribution is 2.32. The minimum absolute atomic E-state index is 0.469. The van der Waals surface area contributed by atoms with Crippen LogP contribution in [0.1, 0.15) is 33.1 Å². The first-order valence-corrected chi connectivity index (χ1v) is 6.03. The summed E-state index contributed by atoms with van der Waals surface area (Å²) < 4.78 is 0. The second-order valence-electron chi connectivity index (χ2n) is 5.44. The molecule has 1 aliphatic heterocycles. The summed E-state index contributed by atoms with van der Waals surface area (Å²) in [5.74, 6) is 0. The fourth-order valence-corrected chi connectivity index (χ4v) is 2.35. The van der Waals surface area contributed by atoms with Crippen molar-refractivity contribution < 1.29 is 0 Å². The van der Waals surface area contributed by atoms with E-state index in [4.69, 9.17) is 5.73 Å². The molecule has 2 N–H and O–H groups in total. The Hall–Kier alpha value is -1.25. The Bertz CT molecular complexity index is 360. The van der Waals surface area contributed by atoms with Crippen LogP contribution in [-0.2, 0) is 0 Å². The first-order chi connectivity index (χ1) is 7.58. The Labute approximate surface area is 97.7 Å². The maximum atomic E-state index is 5.97. The van der Waals surface area contributed by atoms with E-state index in [1.807, 2.05) is 12.3 Å². The Kier molecular flexibility index (Phi) is 3.03. The van der Waals surface area contributed by atoms with E-state index in [0.29, 0.717) is 5.41 Å². The number of nitrogen functional groups attached to an aromatic ring is 1. The zero-order valence-corrected chi connectivity index (χ0v) is 10.2. The highest BCUT2D eigenvalue weighted by molar-refractivity contribution is 5.65. The van der Waals surface area contributed by atoms with Crippen LogP contribution in [0.2, 0.25) is 0 Å². The minimum Gasteiger partial charge on any atom is -0.396 e. The molecule has 0 amide bonds. The quantitative estimate of drug-likeness (QED) is 0.789. The normalized spacial score (nSPS) is 20.5. The van der Waals surface area contributed by atoms with Gasteiger partial charge in [-0.1, -0.05) is 13.8 Å². The lowest BCUT2D eigenvalue weighted by atomic mass is 9.85. The number of pyridine rings is 1. The van der Waals surface area contributed by atoms with Crippen molar-refractivity contribution in [1.29, 1.82) is 0 Å². The summed E-state index contributed by atoms with van der Waals surface area (Å²) in [6, 6.07) is 2.02. The second kappa shape index (κ2) is 4.32. The molecule has 1 fully saturated rings. The molecule has 1 saturated heterocycles. The Morgan fingerprint density at radius 3 is 2.88 bits per heavy atom. The number of nitrogens with two attached hydrogens (primary N) is 1. The average molecular weight is 219 g/mol. The van der Waals surface area contributed by atoms with Gasteiger partial charge in [-0.05, 0) is 30.7 Å². The molecule has 0 saturated carbocycles. The minimum atomic E-state index is 0.469. The second-order valence-corrected chi connectivity index (χ2v) is 5.44. The van der Waals surface area contributed by atoms with Crippen molar-refractivity contribution in [3.63, 3.8) is 0 Å². The molecule has 0 spiro atoms. The molecule has 0 unspecified atom stereocenters. The molecule has 1 aromatic heterocycles. The molecular formula is C13H21N3. The molecule has 16 heavy (non-hydrogen) atoms. The van der Waals surface area contributed by atoms with E-state index in [0.717, 1.165) is 24.5 Å². The zero-order valence-electron chi connectivity index (χ0n) is 10.2. The van der Waals surface area contributed by atoms with Gasteiger partial charge in [-0.3, -0.25) is 4.98 Å². The van der Waals surface area contributed by atoms with Crippen LogP contribution in [-0.4, -0.2) is 18.1 Å². The molecule has 88 valence electrons. The van der Waals surface area contributed by atoms with Crippen molar-refractivity contribution in [3.8, 4) is 0 Å². The van der Waals surface area contributed by atoms with Gasteiger partial charge in [0.25, 0.3) is 0 Å². The van der Waals surface area contributed by atoms with Gasteiger partial charge in [0, 0.05) is 19.3 Å². The van der Waals surface area contributed by atoms with Crippen molar-refractivity contribution >= 4 is 11.4 Å². The molecule has 3 nitrogen and oxygen atoms in total. The molecular weight excluding hydrogens is 198 g/mol. The fraction of sp³-hybridized carbons (Fsp3) is 0.615. The molecule has 2 rings (SSSR count). The lowest BCUT2D eigenvalue weighted by molar-refractivity contribution is 0.325. The first-order valence-electron chi connectivity index (χ1n) is 6.03. The first kappa shape index (κ1) is 11.2. The van der Waals surface area contributed by atoms with Crippen molar-refractivity contribution in [1.82, 2.24) is 4.98 Å². The maximum Gasteiger partial charge on any atom is 0.0738 e. The summed E-state index contributed by atoms with van der Waals surface area (Å²) in [7, 11) is 0. The van der Waals surface area contributed by atoms with Crippen LogP contribution in [0.4, 0.5) is 11.4 Å². The molecule has 0 aliphatic carbocycles. The van der Waals surface area contributed by atoms with Gasteiger partial charge in [0.2, 0.25) is 0 Å². The number of hydrogen-bond donors (Lipinski definition) is 1. The fourth-order valence-electron chi connectivity index (χ4n) is 2.35. The van der Waals surface area contributed by atoms with Gasteiger partial charge in [0.15, 0.2) is 0 Å². The SMILES string of the molecule is CC1(C)CCCN(c2ccncc2N)CC1. The summed E-state index contributed by atoms with van der Waals surface area (Å²) in [5.41, 5.74) is 8.37. The molecule has 0 bridgehead atoms. The van der Waals surface area contributed by atoms with Crippen molar-refractivity contribution in [2.75, 3.05) is 23.7 Å². The van der Waals surface area contributed by atoms with E-state index < -0.39 is 0 Å². The topological polar surface area (TPSA) is 42.2 Å². The van der Waals surface area contributed by atoms with Crippen LogP contribution in [0.25, 0.3) is 0 Å².